The van der Waals surface area contributed by atoms with E-state index in [-0.39, 0.29) is 17.8 Å². The van der Waals surface area contributed by atoms with E-state index in [1.54, 1.807) is 0 Å². The lowest BCUT2D eigenvalue weighted by molar-refractivity contribution is -0.116. The first-order valence-corrected chi connectivity index (χ1v) is 3.53. The van der Waals surface area contributed by atoms with E-state index in [0.717, 1.165) is 6.07 Å². The van der Waals surface area contributed by atoms with Crippen LogP contribution in [0.15, 0.2) is 18.2 Å². The SMILES string of the molecule is CC(=O)Cc1cccc(F)c1F. The van der Waals surface area contributed by atoms with Crippen molar-refractivity contribution in [1.82, 2.24) is 0 Å². The Morgan fingerprint density at radius 1 is 1.42 bits per heavy atom. The molecule has 1 rings (SSSR count). The third-order valence-corrected chi connectivity index (χ3v) is 1.47. The zero-order chi connectivity index (χ0) is 9.14. The number of halogens is 2. The highest BCUT2D eigenvalue weighted by atomic mass is 19.2. The molecule has 0 fully saturated rings. The molecule has 0 amide bonds. The second-order valence-corrected chi connectivity index (χ2v) is 2.59. The summed E-state index contributed by atoms with van der Waals surface area (Å²) >= 11 is 0. The summed E-state index contributed by atoms with van der Waals surface area (Å²) in [5.41, 5.74) is 0.113. The minimum absolute atomic E-state index is 0.0520. The Bertz CT molecular complexity index is 307. The number of benzene rings is 1. The average molecular weight is 170 g/mol. The van der Waals surface area contributed by atoms with Crippen LogP contribution in [-0.4, -0.2) is 5.78 Å². The number of hydrogen-bond acceptors (Lipinski definition) is 1. The normalized spacial score (nSPS) is 9.92. The van der Waals surface area contributed by atoms with Gasteiger partial charge < -0.3 is 0 Å². The molecule has 0 spiro atoms. The highest BCUT2D eigenvalue weighted by Gasteiger charge is 2.08. The van der Waals surface area contributed by atoms with Crippen LogP contribution in [0.1, 0.15) is 12.5 Å². The van der Waals surface area contributed by atoms with Gasteiger partial charge in [-0.25, -0.2) is 8.78 Å². The molecule has 0 heterocycles. The van der Waals surface area contributed by atoms with E-state index < -0.39 is 11.6 Å². The Morgan fingerprint density at radius 2 is 2.08 bits per heavy atom. The van der Waals surface area contributed by atoms with Crippen LogP contribution in [0, 0.1) is 11.6 Å². The molecule has 0 saturated heterocycles. The second kappa shape index (κ2) is 3.43. The molecule has 0 aliphatic rings. The maximum atomic E-state index is 12.8. The Hall–Kier alpha value is -1.25. The third-order valence-electron chi connectivity index (χ3n) is 1.47. The highest BCUT2D eigenvalue weighted by Crippen LogP contribution is 2.11. The van der Waals surface area contributed by atoms with Gasteiger partial charge in [0.1, 0.15) is 5.78 Å². The highest BCUT2D eigenvalue weighted by molar-refractivity contribution is 5.78. The zero-order valence-electron chi connectivity index (χ0n) is 6.60. The largest absolute Gasteiger partial charge is 0.300 e. The van der Waals surface area contributed by atoms with Gasteiger partial charge in [0, 0.05) is 6.42 Å². The van der Waals surface area contributed by atoms with Crippen LogP contribution in [0.4, 0.5) is 8.78 Å². The lowest BCUT2D eigenvalue weighted by Crippen LogP contribution is -2.00. The first-order valence-electron chi connectivity index (χ1n) is 3.53. The van der Waals surface area contributed by atoms with Gasteiger partial charge in [0.05, 0.1) is 0 Å². The molecule has 0 aromatic heterocycles. The molecule has 0 aliphatic heterocycles. The van der Waals surface area contributed by atoms with Gasteiger partial charge in [-0.2, -0.15) is 0 Å². The maximum absolute atomic E-state index is 12.8. The number of ketones is 1. The van der Waals surface area contributed by atoms with E-state index in [1.807, 2.05) is 0 Å². The summed E-state index contributed by atoms with van der Waals surface area (Å²) in [6.45, 7) is 1.34. The maximum Gasteiger partial charge on any atom is 0.162 e. The first-order chi connectivity index (χ1) is 5.61. The van der Waals surface area contributed by atoms with Crippen molar-refractivity contribution in [3.63, 3.8) is 0 Å². The van der Waals surface area contributed by atoms with Crippen molar-refractivity contribution >= 4 is 5.78 Å². The summed E-state index contributed by atoms with van der Waals surface area (Å²) in [6.07, 6.45) is -0.0520. The number of rotatable bonds is 2. The molecule has 0 atom stereocenters. The molecule has 1 nitrogen and oxygen atoms in total. The lowest BCUT2D eigenvalue weighted by Gasteiger charge is -1.99. The Labute approximate surface area is 69.0 Å². The Balaban J connectivity index is 3.00. The number of carbonyl (C=O) groups excluding carboxylic acids is 1. The molecule has 12 heavy (non-hydrogen) atoms. The molecule has 0 aliphatic carbocycles. The van der Waals surface area contributed by atoms with Crippen molar-refractivity contribution in [1.29, 1.82) is 0 Å². The van der Waals surface area contributed by atoms with E-state index in [0.29, 0.717) is 0 Å². The fraction of sp³-hybridized carbons (Fsp3) is 0.222. The van der Waals surface area contributed by atoms with Crippen LogP contribution in [0.5, 0.6) is 0 Å². The summed E-state index contributed by atoms with van der Waals surface area (Å²) in [5.74, 6) is -2.01. The van der Waals surface area contributed by atoms with Crippen LogP contribution >= 0.6 is 0 Å². The number of carbonyl (C=O) groups is 1. The topological polar surface area (TPSA) is 17.1 Å². The molecular formula is C9H8F2O. The van der Waals surface area contributed by atoms with Gasteiger partial charge in [0.25, 0.3) is 0 Å². The summed E-state index contributed by atoms with van der Waals surface area (Å²) in [4.78, 5) is 10.6. The number of hydrogen-bond donors (Lipinski definition) is 0. The van der Waals surface area contributed by atoms with Crippen LogP contribution in [0.3, 0.4) is 0 Å². The van der Waals surface area contributed by atoms with Gasteiger partial charge in [-0.3, -0.25) is 4.79 Å². The minimum atomic E-state index is -0.923. The molecule has 1 aromatic rings. The van der Waals surface area contributed by atoms with Crippen molar-refractivity contribution in [2.75, 3.05) is 0 Å². The lowest BCUT2D eigenvalue weighted by atomic mass is 10.1. The molecule has 64 valence electrons. The third kappa shape index (κ3) is 1.87. The van der Waals surface area contributed by atoms with Crippen LogP contribution in [-0.2, 0) is 11.2 Å². The van der Waals surface area contributed by atoms with E-state index in [4.69, 9.17) is 0 Å². The molecular weight excluding hydrogens is 162 g/mol. The van der Waals surface area contributed by atoms with Gasteiger partial charge in [0.2, 0.25) is 0 Å². The summed E-state index contributed by atoms with van der Waals surface area (Å²) in [7, 11) is 0. The Morgan fingerprint density at radius 3 is 2.67 bits per heavy atom. The quantitative estimate of drug-likeness (QED) is 0.664. The Kier molecular flexibility index (Phi) is 2.53. The van der Waals surface area contributed by atoms with Gasteiger partial charge in [-0.05, 0) is 18.6 Å². The van der Waals surface area contributed by atoms with Crippen molar-refractivity contribution in [3.05, 3.63) is 35.4 Å². The van der Waals surface area contributed by atoms with E-state index in [9.17, 15) is 13.6 Å². The fourth-order valence-electron chi connectivity index (χ4n) is 0.953. The molecule has 0 N–H and O–H groups in total. The fourth-order valence-corrected chi connectivity index (χ4v) is 0.953. The van der Waals surface area contributed by atoms with E-state index >= 15 is 0 Å². The monoisotopic (exact) mass is 170 g/mol. The van der Waals surface area contributed by atoms with E-state index in [1.165, 1.54) is 19.1 Å². The second-order valence-electron chi connectivity index (χ2n) is 2.59. The van der Waals surface area contributed by atoms with Gasteiger partial charge in [0.15, 0.2) is 11.6 Å². The van der Waals surface area contributed by atoms with Crippen LogP contribution < -0.4 is 0 Å². The van der Waals surface area contributed by atoms with Crippen molar-refractivity contribution in [2.45, 2.75) is 13.3 Å². The van der Waals surface area contributed by atoms with Gasteiger partial charge in [-0.1, -0.05) is 12.1 Å². The molecule has 3 heteroatoms. The zero-order valence-corrected chi connectivity index (χ0v) is 6.60. The summed E-state index contributed by atoms with van der Waals surface area (Å²) in [6, 6.07) is 3.81. The van der Waals surface area contributed by atoms with Gasteiger partial charge >= 0.3 is 0 Å². The van der Waals surface area contributed by atoms with Crippen LogP contribution in [0.2, 0.25) is 0 Å². The number of Topliss-reactive ketones (excluding diaryl/α,β-unsaturated/α-hetero) is 1. The molecule has 0 radical (unpaired) electrons. The summed E-state index contributed by atoms with van der Waals surface area (Å²) in [5, 5.41) is 0. The van der Waals surface area contributed by atoms with Crippen LogP contribution in [0.25, 0.3) is 0 Å². The van der Waals surface area contributed by atoms with Crippen molar-refractivity contribution in [3.8, 4) is 0 Å². The molecule has 0 saturated carbocycles. The minimum Gasteiger partial charge on any atom is -0.300 e. The summed E-state index contributed by atoms with van der Waals surface area (Å²) < 4.78 is 25.4. The van der Waals surface area contributed by atoms with Gasteiger partial charge in [-0.15, -0.1) is 0 Å². The van der Waals surface area contributed by atoms with Crippen molar-refractivity contribution < 1.29 is 13.6 Å². The predicted octanol–water partition coefficient (Wildman–Crippen LogP) is 2.10. The van der Waals surface area contributed by atoms with Crippen molar-refractivity contribution in [2.24, 2.45) is 0 Å². The molecule has 0 unspecified atom stereocenters. The smallest absolute Gasteiger partial charge is 0.162 e. The van der Waals surface area contributed by atoms with E-state index in [2.05, 4.69) is 0 Å². The molecule has 0 bridgehead atoms. The first kappa shape index (κ1) is 8.84. The molecule has 1 aromatic carbocycles. The standard InChI is InChI=1S/C9H8F2O/c1-6(12)5-7-3-2-4-8(10)9(7)11/h2-4H,5H2,1H3. The predicted molar refractivity (Wildman–Crippen MR) is 40.7 cm³/mol. The average Bonchev–Trinajstić information content (AvgIpc) is 1.98.